The first kappa shape index (κ1) is 15.4. The fourth-order valence-electron chi connectivity index (χ4n) is 2.49. The van der Waals surface area contributed by atoms with Crippen molar-refractivity contribution in [1.29, 1.82) is 0 Å². The van der Waals surface area contributed by atoms with Crippen LogP contribution in [0, 0.1) is 0 Å². The van der Waals surface area contributed by atoms with E-state index in [1.54, 1.807) is 7.11 Å². The molecule has 0 radical (unpaired) electrons. The minimum Gasteiger partial charge on any atom is -0.493 e. The summed E-state index contributed by atoms with van der Waals surface area (Å²) in [5, 5.41) is 3.38. The first-order valence-corrected chi connectivity index (χ1v) is 7.74. The molecule has 0 unspecified atom stereocenters. The average molecular weight is 311 g/mol. The lowest BCUT2D eigenvalue weighted by Gasteiger charge is -2.18. The van der Waals surface area contributed by atoms with Gasteiger partial charge in [-0.3, -0.25) is 0 Å². The summed E-state index contributed by atoms with van der Waals surface area (Å²) in [6, 6.07) is 15.7. The number of nitrogens with one attached hydrogen (secondary N) is 1. The molecule has 1 aliphatic rings. The van der Waals surface area contributed by atoms with Gasteiger partial charge in [-0.1, -0.05) is 30.3 Å². The van der Waals surface area contributed by atoms with Gasteiger partial charge in [-0.2, -0.15) is 0 Å². The Labute approximate surface area is 136 Å². The van der Waals surface area contributed by atoms with Crippen LogP contribution in [0.4, 0.5) is 0 Å². The summed E-state index contributed by atoms with van der Waals surface area (Å²) in [6.45, 7) is 2.78. The van der Waals surface area contributed by atoms with Crippen molar-refractivity contribution in [3.63, 3.8) is 0 Å². The molecule has 120 valence electrons. The fraction of sp³-hybridized carbons (Fsp3) is 0.263. The highest BCUT2D eigenvalue weighted by Gasteiger charge is 2.10. The number of rotatable bonds is 7. The minimum absolute atomic E-state index is 0.588. The maximum Gasteiger partial charge on any atom is 0.161 e. The van der Waals surface area contributed by atoms with Gasteiger partial charge in [-0.25, -0.2) is 0 Å². The van der Waals surface area contributed by atoms with Crippen molar-refractivity contribution >= 4 is 6.08 Å². The van der Waals surface area contributed by atoms with Crippen LogP contribution < -0.4 is 19.5 Å². The summed E-state index contributed by atoms with van der Waals surface area (Å²) in [4.78, 5) is 0. The fourth-order valence-corrected chi connectivity index (χ4v) is 2.49. The zero-order chi connectivity index (χ0) is 15.9. The number of fused-ring (bicyclic) bond motifs is 1. The van der Waals surface area contributed by atoms with E-state index in [1.807, 2.05) is 42.5 Å². The molecule has 1 heterocycles. The Hall–Kier alpha value is -2.46. The molecule has 2 aromatic rings. The second-order valence-corrected chi connectivity index (χ2v) is 5.31. The molecule has 1 aliphatic heterocycles. The summed E-state index contributed by atoms with van der Waals surface area (Å²) >= 11 is 0. The molecule has 4 nitrogen and oxygen atoms in total. The Morgan fingerprint density at radius 1 is 1.04 bits per heavy atom. The second-order valence-electron chi connectivity index (χ2n) is 5.31. The van der Waals surface area contributed by atoms with Crippen molar-refractivity contribution in [2.24, 2.45) is 0 Å². The smallest absolute Gasteiger partial charge is 0.161 e. The molecule has 23 heavy (non-hydrogen) atoms. The number of benzene rings is 2. The number of para-hydroxylation sites is 3. The average Bonchev–Trinajstić information content (AvgIpc) is 2.61. The highest BCUT2D eigenvalue weighted by Crippen LogP contribution is 2.26. The largest absolute Gasteiger partial charge is 0.493 e. The van der Waals surface area contributed by atoms with Gasteiger partial charge < -0.3 is 19.5 Å². The standard InChI is InChI=1S/C19H21NO3/c1-21-18-8-4-5-9-19(18)22-11-10-20-13-15-12-16-6-2-3-7-17(16)23-14-15/h2-9,12,20H,10-11,13-14H2,1H3. The summed E-state index contributed by atoms with van der Waals surface area (Å²) in [5.74, 6) is 2.48. The highest BCUT2D eigenvalue weighted by molar-refractivity contribution is 5.62. The molecule has 0 fully saturated rings. The first-order valence-electron chi connectivity index (χ1n) is 7.74. The van der Waals surface area contributed by atoms with Crippen LogP contribution in [0.15, 0.2) is 54.1 Å². The third kappa shape index (κ3) is 4.05. The SMILES string of the molecule is COc1ccccc1OCCNCC1=Cc2ccccc2OC1. The number of methoxy groups -OCH3 is 1. The van der Waals surface area contributed by atoms with E-state index in [-0.39, 0.29) is 0 Å². The molecular formula is C19H21NO3. The zero-order valence-corrected chi connectivity index (χ0v) is 13.2. The minimum atomic E-state index is 0.588. The summed E-state index contributed by atoms with van der Waals surface area (Å²) < 4.78 is 16.7. The van der Waals surface area contributed by atoms with Gasteiger partial charge in [-0.05, 0) is 29.8 Å². The van der Waals surface area contributed by atoms with Crippen molar-refractivity contribution in [3.05, 3.63) is 59.7 Å². The predicted octanol–water partition coefficient (Wildman–Crippen LogP) is 3.14. The maximum atomic E-state index is 5.74. The zero-order valence-electron chi connectivity index (χ0n) is 13.2. The third-order valence-electron chi connectivity index (χ3n) is 3.65. The molecule has 3 rings (SSSR count). The van der Waals surface area contributed by atoms with Gasteiger partial charge in [0.15, 0.2) is 11.5 Å². The quantitative estimate of drug-likeness (QED) is 0.798. The van der Waals surface area contributed by atoms with E-state index in [1.165, 1.54) is 5.57 Å². The number of hydrogen-bond acceptors (Lipinski definition) is 4. The lowest BCUT2D eigenvalue weighted by atomic mass is 10.1. The van der Waals surface area contributed by atoms with E-state index in [2.05, 4.69) is 17.5 Å². The summed E-state index contributed by atoms with van der Waals surface area (Å²) in [6.07, 6.45) is 2.19. The van der Waals surface area contributed by atoms with Crippen molar-refractivity contribution in [2.45, 2.75) is 0 Å². The van der Waals surface area contributed by atoms with Gasteiger partial charge in [0.1, 0.15) is 19.0 Å². The van der Waals surface area contributed by atoms with Gasteiger partial charge in [0.25, 0.3) is 0 Å². The van der Waals surface area contributed by atoms with Crippen molar-refractivity contribution in [2.75, 3.05) is 33.4 Å². The molecule has 0 aliphatic carbocycles. The van der Waals surface area contributed by atoms with Crippen LogP contribution in [0.5, 0.6) is 17.2 Å². The number of hydrogen-bond donors (Lipinski definition) is 1. The van der Waals surface area contributed by atoms with Crippen LogP contribution in [0.1, 0.15) is 5.56 Å². The lowest BCUT2D eigenvalue weighted by molar-refractivity contribution is 0.292. The molecule has 0 saturated heterocycles. The molecule has 0 bridgehead atoms. The Bertz CT molecular complexity index is 682. The van der Waals surface area contributed by atoms with Crippen molar-refractivity contribution in [1.82, 2.24) is 5.32 Å². The van der Waals surface area contributed by atoms with Gasteiger partial charge in [-0.15, -0.1) is 0 Å². The Kier molecular flexibility index (Phi) is 5.17. The molecular weight excluding hydrogens is 290 g/mol. The molecule has 4 heteroatoms. The van der Waals surface area contributed by atoms with Crippen molar-refractivity contribution in [3.8, 4) is 17.2 Å². The Morgan fingerprint density at radius 2 is 1.83 bits per heavy atom. The molecule has 0 atom stereocenters. The predicted molar refractivity (Wildman–Crippen MR) is 91.3 cm³/mol. The van der Waals surface area contributed by atoms with Gasteiger partial charge in [0.05, 0.1) is 7.11 Å². The van der Waals surface area contributed by atoms with Crippen LogP contribution in [0.3, 0.4) is 0 Å². The van der Waals surface area contributed by atoms with E-state index < -0.39 is 0 Å². The molecule has 0 amide bonds. The maximum absolute atomic E-state index is 5.74. The number of ether oxygens (including phenoxy) is 3. The highest BCUT2D eigenvalue weighted by atomic mass is 16.5. The van der Waals surface area contributed by atoms with Gasteiger partial charge >= 0.3 is 0 Å². The van der Waals surface area contributed by atoms with E-state index >= 15 is 0 Å². The van der Waals surface area contributed by atoms with Crippen molar-refractivity contribution < 1.29 is 14.2 Å². The molecule has 0 saturated carbocycles. The van der Waals surface area contributed by atoms with E-state index in [0.29, 0.717) is 13.2 Å². The van der Waals surface area contributed by atoms with Crippen LogP contribution in [-0.4, -0.2) is 33.4 Å². The molecule has 0 aromatic heterocycles. The lowest BCUT2D eigenvalue weighted by Crippen LogP contribution is -2.26. The normalized spacial score (nSPS) is 12.8. The van der Waals surface area contributed by atoms with E-state index in [4.69, 9.17) is 14.2 Å². The van der Waals surface area contributed by atoms with Gasteiger partial charge in [0, 0.05) is 18.7 Å². The monoisotopic (exact) mass is 311 g/mol. The third-order valence-corrected chi connectivity index (χ3v) is 3.65. The Morgan fingerprint density at radius 3 is 2.70 bits per heavy atom. The van der Waals surface area contributed by atoms with Gasteiger partial charge in [0.2, 0.25) is 0 Å². The van der Waals surface area contributed by atoms with Crippen LogP contribution in [0.25, 0.3) is 6.08 Å². The van der Waals surface area contributed by atoms with Crippen LogP contribution in [0.2, 0.25) is 0 Å². The van der Waals surface area contributed by atoms with Crippen LogP contribution in [-0.2, 0) is 0 Å². The van der Waals surface area contributed by atoms with Crippen LogP contribution >= 0.6 is 0 Å². The first-order chi connectivity index (χ1) is 11.4. The summed E-state index contributed by atoms with van der Waals surface area (Å²) in [7, 11) is 1.65. The molecule has 1 N–H and O–H groups in total. The van der Waals surface area contributed by atoms with E-state index in [9.17, 15) is 0 Å². The van der Waals surface area contributed by atoms with E-state index in [0.717, 1.165) is 35.9 Å². The summed E-state index contributed by atoms with van der Waals surface area (Å²) in [5.41, 5.74) is 2.38. The second kappa shape index (κ2) is 7.70. The molecule has 0 spiro atoms. The Balaban J connectivity index is 1.43. The molecule has 2 aromatic carbocycles. The topological polar surface area (TPSA) is 39.7 Å².